The average Bonchev–Trinajstić information content (AvgIpc) is 2.42. The first-order valence-electron chi connectivity index (χ1n) is 5.89. The predicted octanol–water partition coefficient (Wildman–Crippen LogP) is 4.07. The normalized spacial score (nSPS) is 10.0. The number of halogens is 1. The molecule has 0 N–H and O–H groups in total. The zero-order valence-corrected chi connectivity index (χ0v) is 12.0. The number of carbonyl (C=O) groups is 1. The van der Waals surface area contributed by atoms with E-state index in [1.54, 1.807) is 36.4 Å². The van der Waals surface area contributed by atoms with Crippen LogP contribution in [0.3, 0.4) is 0 Å². The minimum Gasteiger partial charge on any atom is -0.494 e. The molecular formula is C15H13BrO3. The van der Waals surface area contributed by atoms with Crippen molar-refractivity contribution in [1.29, 1.82) is 0 Å². The van der Waals surface area contributed by atoms with Gasteiger partial charge in [0.1, 0.15) is 11.5 Å². The molecule has 0 aromatic heterocycles. The zero-order valence-electron chi connectivity index (χ0n) is 10.4. The number of benzene rings is 2. The summed E-state index contributed by atoms with van der Waals surface area (Å²) in [4.78, 5) is 12.0. The minimum atomic E-state index is -0.399. The van der Waals surface area contributed by atoms with Gasteiger partial charge in [0.05, 0.1) is 12.2 Å². The summed E-state index contributed by atoms with van der Waals surface area (Å²) in [5.74, 6) is 0.770. The van der Waals surface area contributed by atoms with Crippen molar-refractivity contribution in [3.63, 3.8) is 0 Å². The lowest BCUT2D eigenvalue weighted by atomic mass is 10.2. The summed E-state index contributed by atoms with van der Waals surface area (Å²) in [5, 5.41) is 0. The van der Waals surface area contributed by atoms with Crippen LogP contribution in [-0.4, -0.2) is 12.6 Å². The van der Waals surface area contributed by atoms with Crippen LogP contribution in [0.1, 0.15) is 17.3 Å². The molecule has 0 fully saturated rings. The van der Waals surface area contributed by atoms with E-state index in [1.165, 1.54) is 0 Å². The summed E-state index contributed by atoms with van der Waals surface area (Å²) in [6, 6.07) is 14.0. The number of ether oxygens (including phenoxy) is 2. The predicted molar refractivity (Wildman–Crippen MR) is 76.7 cm³/mol. The fourth-order valence-corrected chi connectivity index (χ4v) is 1.81. The molecule has 3 nitrogen and oxygen atoms in total. The number of hydrogen-bond donors (Lipinski definition) is 0. The maximum Gasteiger partial charge on any atom is 0.343 e. The maximum absolute atomic E-state index is 12.0. The molecule has 0 aliphatic carbocycles. The third-order valence-electron chi connectivity index (χ3n) is 2.40. The molecule has 0 heterocycles. The van der Waals surface area contributed by atoms with Crippen LogP contribution in [0, 0.1) is 0 Å². The van der Waals surface area contributed by atoms with Crippen LogP contribution in [0.25, 0.3) is 0 Å². The lowest BCUT2D eigenvalue weighted by Gasteiger charge is -2.06. The van der Waals surface area contributed by atoms with E-state index in [4.69, 9.17) is 9.47 Å². The molecule has 0 radical (unpaired) electrons. The van der Waals surface area contributed by atoms with Gasteiger partial charge in [0, 0.05) is 4.47 Å². The van der Waals surface area contributed by atoms with E-state index in [-0.39, 0.29) is 0 Å². The Kier molecular flexibility index (Phi) is 4.58. The number of hydrogen-bond acceptors (Lipinski definition) is 3. The molecule has 98 valence electrons. The first-order valence-corrected chi connectivity index (χ1v) is 6.69. The summed E-state index contributed by atoms with van der Waals surface area (Å²) in [6.45, 7) is 2.46. The van der Waals surface area contributed by atoms with Crippen molar-refractivity contribution >= 4 is 21.9 Å². The largest absolute Gasteiger partial charge is 0.494 e. The van der Waals surface area contributed by atoms with Crippen LogP contribution in [0.5, 0.6) is 11.5 Å². The molecule has 2 aromatic carbocycles. The van der Waals surface area contributed by atoms with Crippen molar-refractivity contribution in [3.8, 4) is 11.5 Å². The van der Waals surface area contributed by atoms with Gasteiger partial charge in [0.15, 0.2) is 0 Å². The highest BCUT2D eigenvalue weighted by atomic mass is 79.9. The van der Waals surface area contributed by atoms with Gasteiger partial charge in [-0.15, -0.1) is 0 Å². The standard InChI is InChI=1S/C15H13BrO3/c1-2-18-14-5-3-4-11(10-14)15(17)19-13-8-6-12(16)7-9-13/h3-10H,2H2,1H3. The van der Waals surface area contributed by atoms with Gasteiger partial charge in [0.2, 0.25) is 0 Å². The molecule has 0 aliphatic heterocycles. The number of rotatable bonds is 4. The number of esters is 1. The Balaban J connectivity index is 2.11. The van der Waals surface area contributed by atoms with E-state index in [0.29, 0.717) is 23.7 Å². The third kappa shape index (κ3) is 3.83. The van der Waals surface area contributed by atoms with Crippen LogP contribution in [0.2, 0.25) is 0 Å². The van der Waals surface area contributed by atoms with E-state index >= 15 is 0 Å². The van der Waals surface area contributed by atoms with Crippen molar-refractivity contribution in [1.82, 2.24) is 0 Å². The Bertz CT molecular complexity index is 564. The Morgan fingerprint density at radius 1 is 1.11 bits per heavy atom. The first kappa shape index (κ1) is 13.6. The summed E-state index contributed by atoms with van der Waals surface area (Å²) in [6.07, 6.45) is 0. The molecule has 0 atom stereocenters. The summed E-state index contributed by atoms with van der Waals surface area (Å²) >= 11 is 3.33. The smallest absolute Gasteiger partial charge is 0.343 e. The van der Waals surface area contributed by atoms with E-state index in [0.717, 1.165) is 4.47 Å². The van der Waals surface area contributed by atoms with E-state index in [9.17, 15) is 4.79 Å². The van der Waals surface area contributed by atoms with Gasteiger partial charge in [0.25, 0.3) is 0 Å². The second-order valence-electron chi connectivity index (χ2n) is 3.80. The topological polar surface area (TPSA) is 35.5 Å². The minimum absolute atomic E-state index is 0.399. The van der Waals surface area contributed by atoms with Crippen molar-refractivity contribution in [2.75, 3.05) is 6.61 Å². The SMILES string of the molecule is CCOc1cccc(C(=O)Oc2ccc(Br)cc2)c1. The molecule has 0 aliphatic rings. The van der Waals surface area contributed by atoms with Crippen molar-refractivity contribution < 1.29 is 14.3 Å². The zero-order chi connectivity index (χ0) is 13.7. The van der Waals surface area contributed by atoms with Gasteiger partial charge < -0.3 is 9.47 Å². The molecule has 4 heteroatoms. The average molecular weight is 321 g/mol. The number of carbonyl (C=O) groups excluding carboxylic acids is 1. The third-order valence-corrected chi connectivity index (χ3v) is 2.93. The summed E-state index contributed by atoms with van der Waals surface area (Å²) in [7, 11) is 0. The van der Waals surface area contributed by atoms with Crippen LogP contribution < -0.4 is 9.47 Å². The quantitative estimate of drug-likeness (QED) is 0.629. The molecule has 2 aromatic rings. The van der Waals surface area contributed by atoms with Crippen molar-refractivity contribution in [2.24, 2.45) is 0 Å². The summed E-state index contributed by atoms with van der Waals surface area (Å²) in [5.41, 5.74) is 0.467. The Labute approximate surface area is 120 Å². The fourth-order valence-electron chi connectivity index (χ4n) is 1.55. The maximum atomic E-state index is 12.0. The Morgan fingerprint density at radius 2 is 1.84 bits per heavy atom. The first-order chi connectivity index (χ1) is 9.19. The molecular weight excluding hydrogens is 308 g/mol. The van der Waals surface area contributed by atoms with Crippen LogP contribution in [0.15, 0.2) is 53.0 Å². The van der Waals surface area contributed by atoms with Crippen LogP contribution >= 0.6 is 15.9 Å². The van der Waals surface area contributed by atoms with E-state index in [2.05, 4.69) is 15.9 Å². The van der Waals surface area contributed by atoms with Crippen LogP contribution in [-0.2, 0) is 0 Å². The van der Waals surface area contributed by atoms with Gasteiger partial charge in [-0.3, -0.25) is 0 Å². The van der Waals surface area contributed by atoms with Gasteiger partial charge >= 0.3 is 5.97 Å². The van der Waals surface area contributed by atoms with Crippen molar-refractivity contribution in [3.05, 3.63) is 58.6 Å². The Hall–Kier alpha value is -1.81. The van der Waals surface area contributed by atoms with Gasteiger partial charge in [-0.1, -0.05) is 22.0 Å². The van der Waals surface area contributed by atoms with Gasteiger partial charge in [-0.25, -0.2) is 4.79 Å². The summed E-state index contributed by atoms with van der Waals surface area (Å²) < 4.78 is 11.6. The highest BCUT2D eigenvalue weighted by molar-refractivity contribution is 9.10. The van der Waals surface area contributed by atoms with Crippen molar-refractivity contribution in [2.45, 2.75) is 6.92 Å². The molecule has 0 spiro atoms. The molecule has 0 amide bonds. The lowest BCUT2D eigenvalue weighted by Crippen LogP contribution is -2.08. The fraction of sp³-hybridized carbons (Fsp3) is 0.133. The lowest BCUT2D eigenvalue weighted by molar-refractivity contribution is 0.0734. The van der Waals surface area contributed by atoms with E-state index in [1.807, 2.05) is 19.1 Å². The highest BCUT2D eigenvalue weighted by Gasteiger charge is 2.09. The molecule has 2 rings (SSSR count). The highest BCUT2D eigenvalue weighted by Crippen LogP contribution is 2.19. The second kappa shape index (κ2) is 6.38. The molecule has 0 bridgehead atoms. The monoisotopic (exact) mass is 320 g/mol. The molecule has 0 unspecified atom stereocenters. The molecule has 0 saturated carbocycles. The van der Waals surface area contributed by atoms with E-state index < -0.39 is 5.97 Å². The van der Waals surface area contributed by atoms with Crippen LogP contribution in [0.4, 0.5) is 0 Å². The van der Waals surface area contributed by atoms with Gasteiger partial charge in [-0.2, -0.15) is 0 Å². The molecule has 0 saturated heterocycles. The van der Waals surface area contributed by atoms with Gasteiger partial charge in [-0.05, 0) is 49.4 Å². The second-order valence-corrected chi connectivity index (χ2v) is 4.72. The molecule has 19 heavy (non-hydrogen) atoms. The Morgan fingerprint density at radius 3 is 2.53 bits per heavy atom.